The van der Waals surface area contributed by atoms with Crippen molar-refractivity contribution in [3.8, 4) is 29.5 Å². The molecule has 110 valence electrons. The number of aromatic nitrogens is 2. The molecule has 4 heterocycles. The molecule has 0 bridgehead atoms. The smallest absolute Gasteiger partial charge is 0.152 e. The number of hydrogen-bond donors (Lipinski definition) is 0. The Morgan fingerprint density at radius 3 is 1.41 bits per heavy atom. The summed E-state index contributed by atoms with van der Waals surface area (Å²) in [6.45, 7) is 4.26. The molecule has 4 aromatic rings. The second-order valence-electron chi connectivity index (χ2n) is 4.88. The molecule has 0 aliphatic rings. The minimum Gasteiger partial charge on any atom is -0.241 e. The molecule has 2 nitrogen and oxygen atoms in total. The first kappa shape index (κ1) is 14.3. The molecule has 0 saturated carbocycles. The van der Waals surface area contributed by atoms with Crippen LogP contribution in [-0.4, -0.2) is 9.97 Å². The van der Waals surface area contributed by atoms with Crippen molar-refractivity contribution in [2.45, 2.75) is 13.8 Å². The van der Waals surface area contributed by atoms with Crippen LogP contribution in [0.1, 0.15) is 9.75 Å². The van der Waals surface area contributed by atoms with E-state index in [9.17, 15) is 0 Å². The van der Waals surface area contributed by atoms with E-state index in [0.717, 1.165) is 10.0 Å². The van der Waals surface area contributed by atoms with E-state index in [0.29, 0.717) is 0 Å². The predicted molar refractivity (Wildman–Crippen MR) is 99.3 cm³/mol. The highest BCUT2D eigenvalue weighted by molar-refractivity contribution is 7.28. The van der Waals surface area contributed by atoms with Crippen LogP contribution in [0.25, 0.3) is 29.5 Å². The van der Waals surface area contributed by atoms with Gasteiger partial charge >= 0.3 is 0 Å². The molecule has 0 aromatic carbocycles. The van der Waals surface area contributed by atoms with Gasteiger partial charge in [0.05, 0.1) is 9.75 Å². The number of thiazole rings is 2. The Hall–Kier alpha value is -1.34. The van der Waals surface area contributed by atoms with Crippen LogP contribution in [0.3, 0.4) is 0 Å². The van der Waals surface area contributed by atoms with Crippen LogP contribution in [0.5, 0.6) is 0 Å². The van der Waals surface area contributed by atoms with Crippen LogP contribution in [0.4, 0.5) is 0 Å². The lowest BCUT2D eigenvalue weighted by atomic mass is 10.4. The summed E-state index contributed by atoms with van der Waals surface area (Å²) < 4.78 is 0. The minimum atomic E-state index is 1.01. The molecule has 0 aliphatic carbocycles. The van der Waals surface area contributed by atoms with Gasteiger partial charge in [-0.3, -0.25) is 0 Å². The predicted octanol–water partition coefficient (Wildman–Crippen LogP) is 6.34. The third kappa shape index (κ3) is 2.67. The van der Waals surface area contributed by atoms with Crippen molar-refractivity contribution >= 4 is 45.3 Å². The topological polar surface area (TPSA) is 25.8 Å². The molecule has 4 aromatic heterocycles. The lowest BCUT2D eigenvalue weighted by molar-refractivity contribution is 1.36. The lowest BCUT2D eigenvalue weighted by Gasteiger charge is -1.88. The Kier molecular flexibility index (Phi) is 3.69. The van der Waals surface area contributed by atoms with Crippen LogP contribution in [0, 0.1) is 13.8 Å². The first-order valence-corrected chi connectivity index (χ1v) is 10.0. The van der Waals surface area contributed by atoms with Crippen LogP contribution in [0.2, 0.25) is 0 Å². The first-order chi connectivity index (χ1) is 10.7. The van der Waals surface area contributed by atoms with Crippen LogP contribution in [0.15, 0.2) is 36.7 Å². The summed E-state index contributed by atoms with van der Waals surface area (Å²) in [4.78, 5) is 16.8. The molecule has 6 heteroatoms. The van der Waals surface area contributed by atoms with Crippen LogP contribution < -0.4 is 0 Å². The van der Waals surface area contributed by atoms with Crippen molar-refractivity contribution < 1.29 is 0 Å². The third-order valence-corrected chi connectivity index (χ3v) is 7.69. The van der Waals surface area contributed by atoms with Gasteiger partial charge in [-0.05, 0) is 38.1 Å². The Morgan fingerprint density at radius 2 is 1.05 bits per heavy atom. The second-order valence-corrected chi connectivity index (χ2v) is 9.52. The van der Waals surface area contributed by atoms with E-state index in [4.69, 9.17) is 0 Å². The number of aryl methyl sites for hydroxylation is 2. The van der Waals surface area contributed by atoms with Crippen molar-refractivity contribution in [1.29, 1.82) is 0 Å². The van der Waals surface area contributed by atoms with E-state index in [-0.39, 0.29) is 0 Å². The summed E-state index contributed by atoms with van der Waals surface area (Å²) in [5.74, 6) is 0. The van der Waals surface area contributed by atoms with Crippen molar-refractivity contribution in [2.24, 2.45) is 0 Å². The molecule has 0 unspecified atom stereocenters. The largest absolute Gasteiger partial charge is 0.241 e. The zero-order valence-electron chi connectivity index (χ0n) is 12.0. The molecule has 22 heavy (non-hydrogen) atoms. The molecule has 0 radical (unpaired) electrons. The Labute approximate surface area is 144 Å². The van der Waals surface area contributed by atoms with E-state index >= 15 is 0 Å². The van der Waals surface area contributed by atoms with E-state index in [1.54, 1.807) is 22.7 Å². The zero-order chi connectivity index (χ0) is 15.1. The molecule has 0 fully saturated rings. The van der Waals surface area contributed by atoms with E-state index < -0.39 is 0 Å². The summed E-state index contributed by atoms with van der Waals surface area (Å²) in [7, 11) is 0. The molecule has 0 saturated heterocycles. The van der Waals surface area contributed by atoms with Gasteiger partial charge < -0.3 is 0 Å². The minimum absolute atomic E-state index is 1.01. The van der Waals surface area contributed by atoms with Crippen molar-refractivity contribution in [3.05, 3.63) is 46.4 Å². The fraction of sp³-hybridized carbons (Fsp3) is 0.125. The van der Waals surface area contributed by atoms with Gasteiger partial charge in [-0.15, -0.1) is 45.3 Å². The molecule has 0 N–H and O–H groups in total. The van der Waals surface area contributed by atoms with E-state index in [2.05, 4.69) is 48.1 Å². The molecule has 0 amide bonds. The van der Waals surface area contributed by atoms with Crippen molar-refractivity contribution in [2.75, 3.05) is 0 Å². The summed E-state index contributed by atoms with van der Waals surface area (Å²) >= 11 is 7.05. The average Bonchev–Trinajstić information content (AvgIpc) is 3.24. The molecule has 0 spiro atoms. The van der Waals surface area contributed by atoms with Gasteiger partial charge in [0.25, 0.3) is 0 Å². The van der Waals surface area contributed by atoms with Crippen molar-refractivity contribution in [1.82, 2.24) is 9.97 Å². The number of rotatable bonds is 3. The molecule has 4 rings (SSSR count). The fourth-order valence-electron chi connectivity index (χ4n) is 2.11. The maximum atomic E-state index is 4.56. The highest BCUT2D eigenvalue weighted by Gasteiger charge is 2.13. The van der Waals surface area contributed by atoms with Gasteiger partial charge in [0.15, 0.2) is 10.0 Å². The van der Waals surface area contributed by atoms with Gasteiger partial charge in [0, 0.05) is 31.9 Å². The van der Waals surface area contributed by atoms with Crippen LogP contribution in [-0.2, 0) is 0 Å². The van der Waals surface area contributed by atoms with E-state index in [1.807, 2.05) is 35.1 Å². The lowest BCUT2D eigenvalue weighted by Crippen LogP contribution is -1.68. The Bertz CT molecular complexity index is 849. The standard InChI is InChI=1S/C16H12N2S4/c1-9-3-5-11(19-9)13-7-17-15(21-13)16-18-8-14(22-16)12-6-4-10(2)20-12/h3-8H,1-2H3. The average molecular weight is 361 g/mol. The van der Waals surface area contributed by atoms with Crippen molar-refractivity contribution in [3.63, 3.8) is 0 Å². The Morgan fingerprint density at radius 1 is 0.591 bits per heavy atom. The zero-order valence-corrected chi connectivity index (χ0v) is 15.3. The first-order valence-electron chi connectivity index (χ1n) is 6.75. The Balaban J connectivity index is 1.65. The number of hydrogen-bond acceptors (Lipinski definition) is 6. The van der Waals surface area contributed by atoms with Crippen LogP contribution >= 0.6 is 45.3 Å². The van der Waals surface area contributed by atoms with E-state index in [1.165, 1.54) is 29.3 Å². The number of thiophene rings is 2. The molecule has 0 atom stereocenters. The van der Waals surface area contributed by atoms with Gasteiger partial charge in [-0.1, -0.05) is 0 Å². The maximum Gasteiger partial charge on any atom is 0.152 e. The van der Waals surface area contributed by atoms with Gasteiger partial charge in [-0.2, -0.15) is 0 Å². The summed E-state index contributed by atoms with van der Waals surface area (Å²) in [5.41, 5.74) is 0. The van der Waals surface area contributed by atoms with Gasteiger partial charge in [0.1, 0.15) is 0 Å². The highest BCUT2D eigenvalue weighted by atomic mass is 32.1. The fourth-order valence-corrected chi connectivity index (χ4v) is 5.86. The summed E-state index contributed by atoms with van der Waals surface area (Å²) in [5, 5.41) is 2.01. The second kappa shape index (κ2) is 5.70. The third-order valence-electron chi connectivity index (χ3n) is 3.16. The van der Waals surface area contributed by atoms with Gasteiger partial charge in [-0.25, -0.2) is 9.97 Å². The molecule has 0 aliphatic heterocycles. The summed E-state index contributed by atoms with van der Waals surface area (Å²) in [6, 6.07) is 8.64. The van der Waals surface area contributed by atoms with Gasteiger partial charge in [0.2, 0.25) is 0 Å². The monoisotopic (exact) mass is 360 g/mol. The maximum absolute atomic E-state index is 4.56. The summed E-state index contributed by atoms with van der Waals surface area (Å²) in [6.07, 6.45) is 3.92. The molecular weight excluding hydrogens is 348 g/mol. The molecular formula is C16H12N2S4. The quantitative estimate of drug-likeness (QED) is 0.426. The SMILES string of the molecule is Cc1ccc(-c2cnc(-c3ncc(-c4ccc(C)s4)s3)s2)s1. The normalized spacial score (nSPS) is 11.2. The number of nitrogens with zero attached hydrogens (tertiary/aromatic N) is 2. The highest BCUT2D eigenvalue weighted by Crippen LogP contribution is 2.39.